The van der Waals surface area contributed by atoms with E-state index in [1.807, 2.05) is 46.8 Å². The van der Waals surface area contributed by atoms with E-state index in [4.69, 9.17) is 5.11 Å². The fraction of sp³-hybridized carbons (Fsp3) is 0.600. The lowest BCUT2D eigenvalue weighted by molar-refractivity contribution is -0.138. The van der Waals surface area contributed by atoms with Gasteiger partial charge in [-0.1, -0.05) is 20.8 Å². The zero-order valence-electron chi connectivity index (χ0n) is 13.2. The molecule has 0 aliphatic carbocycles. The van der Waals surface area contributed by atoms with Crippen molar-refractivity contribution in [3.63, 3.8) is 0 Å². The van der Waals surface area contributed by atoms with Gasteiger partial charge >= 0.3 is 12.0 Å². The number of aryl methyl sites for hydroxylation is 1. The molecule has 0 saturated carbocycles. The predicted molar refractivity (Wildman–Crippen MR) is 84.6 cm³/mol. The van der Waals surface area contributed by atoms with Crippen LogP contribution in [0.4, 0.5) is 4.79 Å². The molecule has 2 amide bonds. The van der Waals surface area contributed by atoms with Crippen LogP contribution in [0.5, 0.6) is 0 Å². The van der Waals surface area contributed by atoms with Crippen molar-refractivity contribution < 1.29 is 14.7 Å². The summed E-state index contributed by atoms with van der Waals surface area (Å²) in [7, 11) is 0. The third-order valence-corrected chi connectivity index (χ3v) is 4.45. The number of amides is 2. The van der Waals surface area contributed by atoms with Crippen molar-refractivity contribution in [2.75, 3.05) is 0 Å². The second-order valence-electron chi connectivity index (χ2n) is 6.30. The van der Waals surface area contributed by atoms with Gasteiger partial charge in [0.15, 0.2) is 0 Å². The molecule has 1 aromatic heterocycles. The number of carbonyl (C=O) groups excluding carboxylic acids is 1. The van der Waals surface area contributed by atoms with E-state index >= 15 is 0 Å². The average molecular weight is 312 g/mol. The summed E-state index contributed by atoms with van der Waals surface area (Å²) >= 11 is 1.64. The van der Waals surface area contributed by atoms with Crippen LogP contribution in [-0.4, -0.2) is 23.1 Å². The van der Waals surface area contributed by atoms with Crippen molar-refractivity contribution in [2.24, 2.45) is 5.41 Å². The van der Waals surface area contributed by atoms with Crippen LogP contribution in [-0.2, 0) is 4.79 Å². The van der Waals surface area contributed by atoms with E-state index in [-0.39, 0.29) is 23.9 Å². The third kappa shape index (κ3) is 5.75. The predicted octanol–water partition coefficient (Wildman–Crippen LogP) is 3.31. The van der Waals surface area contributed by atoms with Gasteiger partial charge < -0.3 is 15.7 Å². The molecular weight excluding hydrogens is 288 g/mol. The number of thiophene rings is 1. The summed E-state index contributed by atoms with van der Waals surface area (Å²) < 4.78 is 0. The molecule has 0 aliphatic heterocycles. The van der Waals surface area contributed by atoms with Gasteiger partial charge in [-0.05, 0) is 31.4 Å². The summed E-state index contributed by atoms with van der Waals surface area (Å²) in [5, 5.41) is 14.6. The fourth-order valence-electron chi connectivity index (χ4n) is 1.90. The van der Waals surface area contributed by atoms with E-state index in [9.17, 15) is 9.59 Å². The molecular formula is C15H24N2O3S. The zero-order valence-corrected chi connectivity index (χ0v) is 14.0. The third-order valence-electron chi connectivity index (χ3n) is 3.26. The van der Waals surface area contributed by atoms with Crippen LogP contribution in [0, 0.1) is 12.3 Å². The van der Waals surface area contributed by atoms with Crippen LogP contribution in [0.2, 0.25) is 0 Å². The van der Waals surface area contributed by atoms with Gasteiger partial charge in [0.2, 0.25) is 0 Å². The number of rotatable bonds is 5. The Balaban J connectivity index is 2.63. The molecule has 0 spiro atoms. The number of carboxylic acid groups (broad SMARTS) is 1. The van der Waals surface area contributed by atoms with Crippen LogP contribution in [0.1, 0.15) is 49.9 Å². The van der Waals surface area contributed by atoms with E-state index in [0.717, 1.165) is 4.88 Å². The molecule has 6 heteroatoms. The largest absolute Gasteiger partial charge is 0.481 e. The van der Waals surface area contributed by atoms with Gasteiger partial charge in [0, 0.05) is 15.8 Å². The van der Waals surface area contributed by atoms with E-state index in [1.54, 1.807) is 11.3 Å². The van der Waals surface area contributed by atoms with Crippen molar-refractivity contribution in [3.8, 4) is 0 Å². The van der Waals surface area contributed by atoms with Gasteiger partial charge in [0.05, 0.1) is 12.5 Å². The molecule has 0 aromatic carbocycles. The number of carboxylic acids is 1. The van der Waals surface area contributed by atoms with Gasteiger partial charge in [0.25, 0.3) is 0 Å². The molecule has 0 radical (unpaired) electrons. The second-order valence-corrected chi connectivity index (χ2v) is 7.62. The highest BCUT2D eigenvalue weighted by atomic mass is 32.1. The Kier molecular flexibility index (Phi) is 5.78. The maximum absolute atomic E-state index is 12.1. The number of urea groups is 1. The summed E-state index contributed by atoms with van der Waals surface area (Å²) in [5.41, 5.74) is -0.321. The van der Waals surface area contributed by atoms with E-state index in [0.29, 0.717) is 0 Å². The van der Waals surface area contributed by atoms with Crippen LogP contribution < -0.4 is 10.6 Å². The Labute approximate surface area is 129 Å². The molecule has 3 N–H and O–H groups in total. The Morgan fingerprint density at radius 1 is 1.29 bits per heavy atom. The SMILES string of the molecule is Cc1ccc(C(C)NC(=O)NC(CC(=O)O)C(C)(C)C)s1. The van der Waals surface area contributed by atoms with Crippen molar-refractivity contribution in [3.05, 3.63) is 21.9 Å². The highest BCUT2D eigenvalue weighted by molar-refractivity contribution is 7.12. The Hall–Kier alpha value is -1.56. The quantitative estimate of drug-likeness (QED) is 0.780. The van der Waals surface area contributed by atoms with Gasteiger partial charge in [-0.2, -0.15) is 0 Å². The number of aliphatic carboxylic acids is 1. The standard InChI is InChI=1S/C15H24N2O3S/c1-9-6-7-11(21-9)10(2)16-14(20)17-12(8-13(18)19)15(3,4)5/h6-7,10,12H,8H2,1-5H3,(H,18,19)(H2,16,17,20). The molecule has 1 rings (SSSR count). The maximum Gasteiger partial charge on any atom is 0.315 e. The molecule has 2 atom stereocenters. The van der Waals surface area contributed by atoms with E-state index in [1.165, 1.54) is 4.88 Å². The first-order valence-electron chi connectivity index (χ1n) is 6.94. The minimum atomic E-state index is -0.919. The normalized spacial score (nSPS) is 14.3. The first-order chi connectivity index (χ1) is 9.59. The second kappa shape index (κ2) is 6.93. The Morgan fingerprint density at radius 3 is 2.33 bits per heavy atom. The maximum atomic E-state index is 12.1. The smallest absolute Gasteiger partial charge is 0.315 e. The lowest BCUT2D eigenvalue weighted by Crippen LogP contribution is -2.49. The molecule has 2 unspecified atom stereocenters. The average Bonchev–Trinajstić information content (AvgIpc) is 2.73. The molecule has 1 aromatic rings. The molecule has 0 aliphatic rings. The van der Waals surface area contributed by atoms with Crippen molar-refractivity contribution in [1.29, 1.82) is 0 Å². The van der Waals surface area contributed by atoms with Crippen molar-refractivity contribution in [1.82, 2.24) is 10.6 Å². The summed E-state index contributed by atoms with van der Waals surface area (Å²) in [6.45, 7) is 9.66. The topological polar surface area (TPSA) is 78.4 Å². The first kappa shape index (κ1) is 17.5. The molecule has 1 heterocycles. The van der Waals surface area contributed by atoms with Crippen LogP contribution in [0.3, 0.4) is 0 Å². The first-order valence-corrected chi connectivity index (χ1v) is 7.76. The summed E-state index contributed by atoms with van der Waals surface area (Å²) in [4.78, 5) is 25.2. The molecule has 0 fully saturated rings. The van der Waals surface area contributed by atoms with E-state index in [2.05, 4.69) is 10.6 Å². The van der Waals surface area contributed by atoms with Crippen LogP contribution in [0.25, 0.3) is 0 Å². The minimum Gasteiger partial charge on any atom is -0.481 e. The zero-order chi connectivity index (χ0) is 16.2. The molecule has 0 bridgehead atoms. The highest BCUT2D eigenvalue weighted by Gasteiger charge is 2.28. The fourth-order valence-corrected chi connectivity index (χ4v) is 2.78. The number of hydrogen-bond acceptors (Lipinski definition) is 3. The minimum absolute atomic E-state index is 0.0938. The number of carbonyl (C=O) groups is 2. The van der Waals surface area contributed by atoms with Gasteiger partial charge in [-0.3, -0.25) is 4.79 Å². The highest BCUT2D eigenvalue weighted by Crippen LogP contribution is 2.23. The molecule has 21 heavy (non-hydrogen) atoms. The van der Waals surface area contributed by atoms with Gasteiger partial charge in [-0.15, -0.1) is 11.3 Å². The van der Waals surface area contributed by atoms with Gasteiger partial charge in [0.1, 0.15) is 0 Å². The Morgan fingerprint density at radius 2 is 1.90 bits per heavy atom. The monoisotopic (exact) mass is 312 g/mol. The van der Waals surface area contributed by atoms with Crippen LogP contribution in [0.15, 0.2) is 12.1 Å². The number of hydrogen-bond donors (Lipinski definition) is 3. The lowest BCUT2D eigenvalue weighted by Gasteiger charge is -2.30. The molecule has 0 saturated heterocycles. The summed E-state index contributed by atoms with van der Waals surface area (Å²) in [5.74, 6) is -0.919. The Bertz CT molecular complexity index is 505. The summed E-state index contributed by atoms with van der Waals surface area (Å²) in [6, 6.07) is 3.14. The van der Waals surface area contributed by atoms with Crippen molar-refractivity contribution >= 4 is 23.3 Å². The summed E-state index contributed by atoms with van der Waals surface area (Å²) in [6.07, 6.45) is -0.0938. The van der Waals surface area contributed by atoms with Crippen molar-refractivity contribution in [2.45, 2.75) is 53.1 Å². The number of nitrogens with one attached hydrogen (secondary N) is 2. The molecule has 5 nitrogen and oxygen atoms in total. The van der Waals surface area contributed by atoms with Crippen LogP contribution >= 0.6 is 11.3 Å². The van der Waals surface area contributed by atoms with Gasteiger partial charge in [-0.25, -0.2) is 4.79 Å². The van der Waals surface area contributed by atoms with E-state index < -0.39 is 12.0 Å². The lowest BCUT2D eigenvalue weighted by atomic mass is 9.85. The molecule has 118 valence electrons.